The van der Waals surface area contributed by atoms with Crippen molar-refractivity contribution in [1.82, 2.24) is 29.9 Å². The number of amides is 1. The van der Waals surface area contributed by atoms with Gasteiger partial charge in [0.05, 0.1) is 5.69 Å². The number of carbonyl (C=O) groups excluding carboxylic acids is 1. The number of benzene rings is 1. The Kier molecular flexibility index (Phi) is 5.40. The van der Waals surface area contributed by atoms with Gasteiger partial charge in [0, 0.05) is 24.8 Å². The molecule has 3 aromatic rings. The molecule has 1 aromatic carbocycles. The van der Waals surface area contributed by atoms with Gasteiger partial charge < -0.3 is 4.90 Å². The Morgan fingerprint density at radius 2 is 2.23 bits per heavy atom. The first-order chi connectivity index (χ1) is 12.5. The molecule has 136 valence electrons. The van der Waals surface area contributed by atoms with Crippen LogP contribution < -0.4 is 0 Å². The molecular weight excluding hydrogens is 335 g/mol. The van der Waals surface area contributed by atoms with E-state index in [0.29, 0.717) is 12.2 Å². The van der Waals surface area contributed by atoms with Crippen molar-refractivity contribution >= 4 is 5.91 Å². The van der Waals surface area contributed by atoms with Gasteiger partial charge in [0.1, 0.15) is 24.5 Å². The van der Waals surface area contributed by atoms with Crippen molar-refractivity contribution in [1.29, 1.82) is 0 Å². The van der Waals surface area contributed by atoms with E-state index >= 15 is 0 Å². The molecule has 8 heteroatoms. The fourth-order valence-corrected chi connectivity index (χ4v) is 2.75. The molecule has 7 nitrogen and oxygen atoms in total. The SMILES string of the molecule is CC(C(=O)N(C)CCCc1cc(-c2cccc(F)c2)n[nH]1)n1cncn1. The quantitative estimate of drug-likeness (QED) is 0.705. The minimum absolute atomic E-state index is 0.0134. The molecule has 2 aromatic heterocycles. The third-order valence-corrected chi connectivity index (χ3v) is 4.26. The minimum Gasteiger partial charge on any atom is -0.344 e. The Hall–Kier alpha value is -3.03. The molecule has 0 aliphatic carbocycles. The summed E-state index contributed by atoms with van der Waals surface area (Å²) < 4.78 is 14.8. The molecule has 0 spiro atoms. The average Bonchev–Trinajstić information content (AvgIpc) is 3.32. The normalized spacial score (nSPS) is 12.1. The summed E-state index contributed by atoms with van der Waals surface area (Å²) in [6.07, 6.45) is 4.49. The fraction of sp³-hybridized carbons (Fsp3) is 0.333. The summed E-state index contributed by atoms with van der Waals surface area (Å²) in [6, 6.07) is 7.88. The van der Waals surface area contributed by atoms with Crippen molar-refractivity contribution in [3.8, 4) is 11.3 Å². The van der Waals surface area contributed by atoms with Crippen LogP contribution in [0.25, 0.3) is 11.3 Å². The zero-order valence-electron chi connectivity index (χ0n) is 14.8. The summed E-state index contributed by atoms with van der Waals surface area (Å²) in [5.74, 6) is -0.297. The largest absolute Gasteiger partial charge is 0.344 e. The van der Waals surface area contributed by atoms with Gasteiger partial charge >= 0.3 is 0 Å². The molecule has 0 radical (unpaired) electrons. The maximum atomic E-state index is 13.3. The van der Waals surface area contributed by atoms with E-state index in [-0.39, 0.29) is 17.8 Å². The van der Waals surface area contributed by atoms with E-state index in [0.717, 1.165) is 24.1 Å². The third kappa shape index (κ3) is 4.14. The van der Waals surface area contributed by atoms with E-state index in [1.54, 1.807) is 29.6 Å². The number of aromatic nitrogens is 5. The van der Waals surface area contributed by atoms with Gasteiger partial charge in [0.15, 0.2) is 0 Å². The standard InChI is InChI=1S/C18H21FN6O/c1-13(25-12-20-11-21-25)18(26)24(2)8-4-7-16-10-17(23-22-16)14-5-3-6-15(19)9-14/h3,5-6,9-13H,4,7-8H2,1-2H3,(H,22,23). The lowest BCUT2D eigenvalue weighted by Gasteiger charge is -2.21. The zero-order valence-corrected chi connectivity index (χ0v) is 14.8. The molecular formula is C18H21FN6O. The molecule has 1 atom stereocenters. The number of rotatable bonds is 7. The lowest BCUT2D eigenvalue weighted by molar-refractivity contribution is -0.133. The number of hydrogen-bond acceptors (Lipinski definition) is 4. The van der Waals surface area contributed by atoms with Crippen LogP contribution in [0, 0.1) is 5.82 Å². The Morgan fingerprint density at radius 3 is 2.96 bits per heavy atom. The Morgan fingerprint density at radius 1 is 1.38 bits per heavy atom. The lowest BCUT2D eigenvalue weighted by Crippen LogP contribution is -2.34. The number of hydrogen-bond donors (Lipinski definition) is 1. The fourth-order valence-electron chi connectivity index (χ4n) is 2.75. The van der Waals surface area contributed by atoms with Crippen LogP contribution in [-0.4, -0.2) is 49.4 Å². The Bertz CT molecular complexity index is 860. The van der Waals surface area contributed by atoms with Crippen LogP contribution in [-0.2, 0) is 11.2 Å². The molecule has 1 amide bonds. The highest BCUT2D eigenvalue weighted by atomic mass is 19.1. The maximum Gasteiger partial charge on any atom is 0.246 e. The summed E-state index contributed by atoms with van der Waals surface area (Å²) in [4.78, 5) is 17.9. The molecule has 2 heterocycles. The van der Waals surface area contributed by atoms with E-state index in [1.807, 2.05) is 12.1 Å². The molecule has 0 aliphatic rings. The van der Waals surface area contributed by atoms with Crippen LogP contribution in [0.5, 0.6) is 0 Å². The smallest absolute Gasteiger partial charge is 0.246 e. The first-order valence-electron chi connectivity index (χ1n) is 8.44. The highest BCUT2D eigenvalue weighted by Crippen LogP contribution is 2.19. The Balaban J connectivity index is 1.51. The highest BCUT2D eigenvalue weighted by molar-refractivity contribution is 5.79. The van der Waals surface area contributed by atoms with Gasteiger partial charge in [-0.1, -0.05) is 12.1 Å². The van der Waals surface area contributed by atoms with Crippen LogP contribution in [0.2, 0.25) is 0 Å². The zero-order chi connectivity index (χ0) is 18.5. The molecule has 3 rings (SSSR count). The Labute approximate surface area is 150 Å². The summed E-state index contributed by atoms with van der Waals surface area (Å²) in [5, 5.41) is 11.2. The second-order valence-electron chi connectivity index (χ2n) is 6.20. The maximum absolute atomic E-state index is 13.3. The second-order valence-corrected chi connectivity index (χ2v) is 6.20. The number of likely N-dealkylation sites (N-methyl/N-ethyl adjacent to an activating group) is 1. The van der Waals surface area contributed by atoms with Crippen molar-refractivity contribution in [2.75, 3.05) is 13.6 Å². The number of carbonyl (C=O) groups is 1. The number of nitrogens with zero attached hydrogens (tertiary/aromatic N) is 5. The van der Waals surface area contributed by atoms with Gasteiger partial charge in [0.25, 0.3) is 0 Å². The van der Waals surface area contributed by atoms with Crippen LogP contribution in [0.15, 0.2) is 43.0 Å². The monoisotopic (exact) mass is 356 g/mol. The molecule has 1 unspecified atom stereocenters. The van der Waals surface area contributed by atoms with Gasteiger partial charge in [0.2, 0.25) is 5.91 Å². The number of nitrogens with one attached hydrogen (secondary N) is 1. The predicted molar refractivity (Wildman–Crippen MR) is 94.7 cm³/mol. The van der Waals surface area contributed by atoms with Crippen molar-refractivity contribution in [2.24, 2.45) is 0 Å². The van der Waals surface area contributed by atoms with E-state index < -0.39 is 0 Å². The van der Waals surface area contributed by atoms with Crippen molar-refractivity contribution in [3.05, 3.63) is 54.5 Å². The molecule has 26 heavy (non-hydrogen) atoms. The van der Waals surface area contributed by atoms with E-state index in [1.165, 1.54) is 24.8 Å². The van der Waals surface area contributed by atoms with Gasteiger partial charge in [-0.25, -0.2) is 14.1 Å². The topological polar surface area (TPSA) is 79.7 Å². The molecule has 0 saturated heterocycles. The predicted octanol–water partition coefficient (Wildman–Crippen LogP) is 2.46. The van der Waals surface area contributed by atoms with Gasteiger partial charge in [-0.3, -0.25) is 9.89 Å². The summed E-state index contributed by atoms with van der Waals surface area (Å²) >= 11 is 0. The average molecular weight is 356 g/mol. The van der Waals surface area contributed by atoms with E-state index in [4.69, 9.17) is 0 Å². The number of aryl methyl sites for hydroxylation is 1. The van der Waals surface area contributed by atoms with E-state index in [2.05, 4.69) is 20.3 Å². The van der Waals surface area contributed by atoms with Gasteiger partial charge in [-0.2, -0.15) is 10.2 Å². The minimum atomic E-state index is -0.380. The van der Waals surface area contributed by atoms with Gasteiger partial charge in [-0.05, 0) is 38.0 Å². The van der Waals surface area contributed by atoms with Gasteiger partial charge in [-0.15, -0.1) is 0 Å². The van der Waals surface area contributed by atoms with Crippen LogP contribution in [0.3, 0.4) is 0 Å². The number of H-pyrrole nitrogens is 1. The molecule has 0 fully saturated rings. The lowest BCUT2D eigenvalue weighted by atomic mass is 10.1. The number of aromatic amines is 1. The van der Waals surface area contributed by atoms with Crippen molar-refractivity contribution in [2.45, 2.75) is 25.8 Å². The summed E-state index contributed by atoms with van der Waals surface area (Å²) in [7, 11) is 1.78. The summed E-state index contributed by atoms with van der Waals surface area (Å²) in [5.41, 5.74) is 2.40. The molecule has 0 aliphatic heterocycles. The van der Waals surface area contributed by atoms with Crippen molar-refractivity contribution in [3.63, 3.8) is 0 Å². The van der Waals surface area contributed by atoms with Crippen LogP contribution >= 0.6 is 0 Å². The molecule has 1 N–H and O–H groups in total. The second kappa shape index (κ2) is 7.90. The van der Waals surface area contributed by atoms with E-state index in [9.17, 15) is 9.18 Å². The third-order valence-electron chi connectivity index (χ3n) is 4.26. The first kappa shape index (κ1) is 17.8. The number of halogens is 1. The molecule has 0 saturated carbocycles. The van der Waals surface area contributed by atoms with Crippen LogP contribution in [0.4, 0.5) is 4.39 Å². The highest BCUT2D eigenvalue weighted by Gasteiger charge is 2.19. The first-order valence-corrected chi connectivity index (χ1v) is 8.44. The van der Waals surface area contributed by atoms with Crippen LogP contribution in [0.1, 0.15) is 25.1 Å². The van der Waals surface area contributed by atoms with Crippen molar-refractivity contribution < 1.29 is 9.18 Å². The molecule has 0 bridgehead atoms. The summed E-state index contributed by atoms with van der Waals surface area (Å²) in [6.45, 7) is 2.42.